The number of hydrogen-bond acceptors (Lipinski definition) is 4. The number of hydrogen-bond donors (Lipinski definition) is 1. The van der Waals surface area contributed by atoms with Crippen LogP contribution < -0.4 is 5.32 Å². The van der Waals surface area contributed by atoms with Crippen molar-refractivity contribution in [1.82, 2.24) is 20.0 Å². The molecule has 3 heterocycles. The first-order valence-corrected chi connectivity index (χ1v) is 9.54. The van der Waals surface area contributed by atoms with E-state index in [1.165, 1.54) is 4.90 Å². The first kappa shape index (κ1) is 18.5. The van der Waals surface area contributed by atoms with Crippen molar-refractivity contribution in [1.29, 1.82) is 0 Å². The van der Waals surface area contributed by atoms with E-state index in [0.717, 1.165) is 17.7 Å². The van der Waals surface area contributed by atoms with Crippen LogP contribution in [0.25, 0.3) is 17.4 Å². The number of thiocarbonyl (C=S) groups is 1. The van der Waals surface area contributed by atoms with E-state index in [-0.39, 0.29) is 5.91 Å². The number of amides is 1. The van der Waals surface area contributed by atoms with Gasteiger partial charge in [0.15, 0.2) is 5.11 Å². The van der Waals surface area contributed by atoms with Gasteiger partial charge in [0.25, 0.3) is 5.91 Å². The molecule has 0 spiro atoms. The lowest BCUT2D eigenvalue weighted by Gasteiger charge is -2.12. The Balaban J connectivity index is 1.52. The maximum atomic E-state index is 12.7. The van der Waals surface area contributed by atoms with Crippen molar-refractivity contribution in [3.63, 3.8) is 0 Å². The normalized spacial score (nSPS) is 15.5. The van der Waals surface area contributed by atoms with E-state index in [1.807, 2.05) is 42.1 Å². The van der Waals surface area contributed by atoms with Crippen molar-refractivity contribution in [2.75, 3.05) is 0 Å². The average molecular weight is 413 g/mol. The predicted octanol–water partition coefficient (Wildman–Crippen LogP) is 4.07. The molecule has 0 unspecified atom stereocenters. The van der Waals surface area contributed by atoms with Crippen molar-refractivity contribution in [2.24, 2.45) is 0 Å². The number of carbonyl (C=O) groups is 1. The van der Waals surface area contributed by atoms with Crippen LogP contribution in [0.3, 0.4) is 0 Å². The molecule has 1 N–H and O–H groups in total. The lowest BCUT2D eigenvalue weighted by molar-refractivity contribution is -0.122. The second-order valence-electron chi connectivity index (χ2n) is 6.30. The molecule has 0 aliphatic carbocycles. The monoisotopic (exact) mass is 412 g/mol. The van der Waals surface area contributed by atoms with Gasteiger partial charge < -0.3 is 9.73 Å². The van der Waals surface area contributed by atoms with Gasteiger partial charge in [-0.25, -0.2) is 0 Å². The smallest absolute Gasteiger partial charge is 0.276 e. The van der Waals surface area contributed by atoms with Crippen molar-refractivity contribution in [3.8, 4) is 11.3 Å². The molecule has 0 saturated carbocycles. The van der Waals surface area contributed by atoms with Crippen LogP contribution in [0.15, 0.2) is 58.9 Å². The minimum Gasteiger partial charge on any atom is -0.457 e. The van der Waals surface area contributed by atoms with E-state index in [9.17, 15) is 4.79 Å². The van der Waals surface area contributed by atoms with E-state index in [0.29, 0.717) is 33.9 Å². The number of aromatic nitrogens is 2. The summed E-state index contributed by atoms with van der Waals surface area (Å²) in [4.78, 5) is 14.3. The second-order valence-corrected chi connectivity index (χ2v) is 7.12. The zero-order chi connectivity index (χ0) is 19.7. The van der Waals surface area contributed by atoms with Gasteiger partial charge in [-0.3, -0.25) is 14.4 Å². The SMILES string of the molecule is CCn1cc(CN2C(=O)/C(=C\c3ccc(-c4cccc(Cl)c4)o3)NC2=S)cn1. The highest BCUT2D eigenvalue weighted by atomic mass is 35.5. The van der Waals surface area contributed by atoms with E-state index in [4.69, 9.17) is 28.2 Å². The summed E-state index contributed by atoms with van der Waals surface area (Å²) in [6.07, 6.45) is 5.30. The van der Waals surface area contributed by atoms with Gasteiger partial charge in [0.05, 0.1) is 12.7 Å². The average Bonchev–Trinajstić information content (AvgIpc) is 3.39. The quantitative estimate of drug-likeness (QED) is 0.505. The summed E-state index contributed by atoms with van der Waals surface area (Å²) >= 11 is 11.4. The molecule has 3 aromatic rings. The van der Waals surface area contributed by atoms with Crippen LogP contribution >= 0.6 is 23.8 Å². The largest absolute Gasteiger partial charge is 0.457 e. The molecule has 0 radical (unpaired) electrons. The Morgan fingerprint density at radius 2 is 2.18 bits per heavy atom. The Labute approximate surface area is 172 Å². The standard InChI is InChI=1S/C20H17ClN4O2S/c1-2-24-11-13(10-22-24)12-25-19(26)17(23-20(25)28)9-16-6-7-18(27-16)14-4-3-5-15(21)8-14/h3-11H,2,12H2,1H3,(H,23,28)/b17-9+. The lowest BCUT2D eigenvalue weighted by Crippen LogP contribution is -2.29. The molecule has 2 aromatic heterocycles. The highest BCUT2D eigenvalue weighted by Crippen LogP contribution is 2.26. The van der Waals surface area contributed by atoms with E-state index in [1.54, 1.807) is 24.4 Å². The molecule has 1 amide bonds. The molecule has 142 valence electrons. The maximum absolute atomic E-state index is 12.7. The Bertz CT molecular complexity index is 1090. The number of nitrogens with one attached hydrogen (secondary N) is 1. The van der Waals surface area contributed by atoms with Crippen LogP contribution in [0.5, 0.6) is 0 Å². The summed E-state index contributed by atoms with van der Waals surface area (Å²) < 4.78 is 7.65. The van der Waals surface area contributed by atoms with Crippen molar-refractivity contribution < 1.29 is 9.21 Å². The van der Waals surface area contributed by atoms with Crippen LogP contribution in [0.4, 0.5) is 0 Å². The summed E-state index contributed by atoms with van der Waals surface area (Å²) in [6.45, 7) is 3.15. The van der Waals surface area contributed by atoms with Gasteiger partial charge in [-0.1, -0.05) is 23.7 Å². The van der Waals surface area contributed by atoms with Gasteiger partial charge in [0.1, 0.15) is 17.2 Å². The fraction of sp³-hybridized carbons (Fsp3) is 0.150. The number of aryl methyl sites for hydroxylation is 1. The van der Waals surface area contributed by atoms with E-state index in [2.05, 4.69) is 10.4 Å². The third-order valence-electron chi connectivity index (χ3n) is 4.34. The number of furan rings is 1. The molecular weight excluding hydrogens is 396 g/mol. The zero-order valence-corrected chi connectivity index (χ0v) is 16.6. The van der Waals surface area contributed by atoms with Crippen LogP contribution in [-0.2, 0) is 17.9 Å². The molecule has 1 aliphatic heterocycles. The summed E-state index contributed by atoms with van der Waals surface area (Å²) in [5.41, 5.74) is 2.16. The van der Waals surface area contributed by atoms with Gasteiger partial charge in [0.2, 0.25) is 0 Å². The molecule has 1 fully saturated rings. The van der Waals surface area contributed by atoms with E-state index >= 15 is 0 Å². The van der Waals surface area contributed by atoms with Crippen LogP contribution in [-0.4, -0.2) is 25.7 Å². The van der Waals surface area contributed by atoms with E-state index < -0.39 is 0 Å². The molecule has 1 aromatic carbocycles. The van der Waals surface area contributed by atoms with Crippen LogP contribution in [0.2, 0.25) is 5.02 Å². The molecule has 0 bridgehead atoms. The van der Waals surface area contributed by atoms with Gasteiger partial charge in [-0.15, -0.1) is 0 Å². The predicted molar refractivity (Wildman–Crippen MR) is 111 cm³/mol. The van der Waals surface area contributed by atoms with Gasteiger partial charge in [0, 0.05) is 35.0 Å². The fourth-order valence-electron chi connectivity index (χ4n) is 2.93. The molecule has 0 atom stereocenters. The minimum atomic E-state index is -0.199. The van der Waals surface area contributed by atoms with Gasteiger partial charge >= 0.3 is 0 Å². The fourth-order valence-corrected chi connectivity index (χ4v) is 3.38. The minimum absolute atomic E-state index is 0.199. The second kappa shape index (κ2) is 7.61. The zero-order valence-electron chi connectivity index (χ0n) is 15.1. The summed E-state index contributed by atoms with van der Waals surface area (Å²) in [5, 5.41) is 8.19. The number of halogens is 1. The highest BCUT2D eigenvalue weighted by Gasteiger charge is 2.31. The Morgan fingerprint density at radius 3 is 2.93 bits per heavy atom. The summed E-state index contributed by atoms with van der Waals surface area (Å²) in [6, 6.07) is 11.0. The van der Waals surface area contributed by atoms with Crippen molar-refractivity contribution in [3.05, 3.63) is 70.8 Å². The summed E-state index contributed by atoms with van der Waals surface area (Å²) in [5.74, 6) is 1.02. The lowest BCUT2D eigenvalue weighted by atomic mass is 10.2. The van der Waals surface area contributed by atoms with Gasteiger partial charge in [-0.05, 0) is 43.4 Å². The molecule has 8 heteroatoms. The van der Waals surface area contributed by atoms with Crippen molar-refractivity contribution >= 4 is 40.9 Å². The van der Waals surface area contributed by atoms with Crippen molar-refractivity contribution in [2.45, 2.75) is 20.0 Å². The molecule has 1 aliphatic rings. The topological polar surface area (TPSA) is 63.3 Å². The molecule has 6 nitrogen and oxygen atoms in total. The number of benzene rings is 1. The van der Waals surface area contributed by atoms with Gasteiger partial charge in [-0.2, -0.15) is 5.10 Å². The Morgan fingerprint density at radius 1 is 1.32 bits per heavy atom. The first-order chi connectivity index (χ1) is 13.5. The Hall–Kier alpha value is -2.90. The van der Waals surface area contributed by atoms with Crippen LogP contribution in [0, 0.1) is 0 Å². The molecular formula is C20H17ClN4O2S. The third kappa shape index (κ3) is 3.72. The molecule has 1 saturated heterocycles. The maximum Gasteiger partial charge on any atom is 0.276 e. The molecule has 28 heavy (non-hydrogen) atoms. The molecule has 4 rings (SSSR count). The third-order valence-corrected chi connectivity index (χ3v) is 4.89. The van der Waals surface area contributed by atoms with Crippen LogP contribution in [0.1, 0.15) is 18.2 Å². The number of carbonyl (C=O) groups excluding carboxylic acids is 1. The summed E-state index contributed by atoms with van der Waals surface area (Å²) in [7, 11) is 0. The first-order valence-electron chi connectivity index (χ1n) is 8.75. The Kier molecular flexibility index (Phi) is 5.02. The highest BCUT2D eigenvalue weighted by molar-refractivity contribution is 7.80. The number of rotatable bonds is 5. The number of nitrogens with zero attached hydrogens (tertiary/aromatic N) is 3.